The SMILES string of the molecule is Nc1cc(NC(=O)C2CCCCC2)ccc1F. The summed E-state index contributed by atoms with van der Waals surface area (Å²) < 4.78 is 13.0. The van der Waals surface area contributed by atoms with E-state index in [1.165, 1.54) is 24.6 Å². The summed E-state index contributed by atoms with van der Waals surface area (Å²) in [6.07, 6.45) is 5.34. The van der Waals surface area contributed by atoms with E-state index < -0.39 is 5.82 Å². The van der Waals surface area contributed by atoms with Crippen molar-refractivity contribution in [3.05, 3.63) is 24.0 Å². The molecule has 92 valence electrons. The number of amides is 1. The lowest BCUT2D eigenvalue weighted by Gasteiger charge is -2.20. The summed E-state index contributed by atoms with van der Waals surface area (Å²) in [5.74, 6) is -0.341. The average molecular weight is 236 g/mol. The van der Waals surface area contributed by atoms with Crippen LogP contribution in [0.2, 0.25) is 0 Å². The summed E-state index contributed by atoms with van der Waals surface area (Å²) in [5, 5.41) is 2.79. The fourth-order valence-electron chi connectivity index (χ4n) is 2.23. The van der Waals surface area contributed by atoms with Crippen molar-refractivity contribution in [1.29, 1.82) is 0 Å². The van der Waals surface area contributed by atoms with Crippen LogP contribution in [0.4, 0.5) is 15.8 Å². The van der Waals surface area contributed by atoms with E-state index in [-0.39, 0.29) is 17.5 Å². The minimum atomic E-state index is -0.458. The van der Waals surface area contributed by atoms with Crippen molar-refractivity contribution in [2.24, 2.45) is 5.92 Å². The Labute approximate surface area is 100 Å². The predicted molar refractivity (Wildman–Crippen MR) is 66.0 cm³/mol. The molecule has 17 heavy (non-hydrogen) atoms. The Balaban J connectivity index is 1.99. The highest BCUT2D eigenvalue weighted by atomic mass is 19.1. The molecule has 0 spiro atoms. The highest BCUT2D eigenvalue weighted by Crippen LogP contribution is 2.25. The fraction of sp³-hybridized carbons (Fsp3) is 0.462. The second-order valence-electron chi connectivity index (χ2n) is 4.56. The van der Waals surface area contributed by atoms with Crippen molar-refractivity contribution < 1.29 is 9.18 Å². The van der Waals surface area contributed by atoms with Gasteiger partial charge >= 0.3 is 0 Å². The van der Waals surface area contributed by atoms with E-state index in [4.69, 9.17) is 5.73 Å². The zero-order valence-electron chi connectivity index (χ0n) is 9.71. The van der Waals surface area contributed by atoms with Gasteiger partial charge in [-0.1, -0.05) is 19.3 Å². The summed E-state index contributed by atoms with van der Waals surface area (Å²) in [7, 11) is 0. The van der Waals surface area contributed by atoms with Crippen LogP contribution in [0.5, 0.6) is 0 Å². The topological polar surface area (TPSA) is 55.1 Å². The zero-order chi connectivity index (χ0) is 12.3. The third-order valence-electron chi connectivity index (χ3n) is 3.24. The standard InChI is InChI=1S/C13H17FN2O/c14-11-7-6-10(8-12(11)15)16-13(17)9-4-2-1-3-5-9/h6-9H,1-5,15H2,(H,16,17). The second kappa shape index (κ2) is 5.17. The lowest BCUT2D eigenvalue weighted by atomic mass is 9.88. The Bertz CT molecular complexity index is 414. The maximum absolute atomic E-state index is 13.0. The number of rotatable bonds is 2. The third kappa shape index (κ3) is 2.96. The monoisotopic (exact) mass is 236 g/mol. The quantitative estimate of drug-likeness (QED) is 0.776. The van der Waals surface area contributed by atoms with Crippen LogP contribution in [-0.2, 0) is 4.79 Å². The van der Waals surface area contributed by atoms with E-state index in [1.807, 2.05) is 0 Å². The largest absolute Gasteiger partial charge is 0.396 e. The first-order valence-corrected chi connectivity index (χ1v) is 6.02. The molecule has 0 aliphatic heterocycles. The molecule has 0 aromatic heterocycles. The molecule has 4 heteroatoms. The van der Waals surface area contributed by atoms with E-state index in [0.29, 0.717) is 5.69 Å². The second-order valence-corrected chi connectivity index (χ2v) is 4.56. The van der Waals surface area contributed by atoms with Gasteiger partial charge in [0.25, 0.3) is 0 Å². The molecule has 3 N–H and O–H groups in total. The first-order chi connectivity index (χ1) is 8.16. The van der Waals surface area contributed by atoms with Gasteiger partial charge < -0.3 is 11.1 Å². The van der Waals surface area contributed by atoms with Crippen LogP contribution < -0.4 is 11.1 Å². The van der Waals surface area contributed by atoms with Crippen molar-refractivity contribution in [3.63, 3.8) is 0 Å². The molecule has 1 amide bonds. The van der Waals surface area contributed by atoms with E-state index in [9.17, 15) is 9.18 Å². The van der Waals surface area contributed by atoms with Gasteiger partial charge in [0, 0.05) is 11.6 Å². The Hall–Kier alpha value is -1.58. The Morgan fingerprint density at radius 1 is 1.29 bits per heavy atom. The van der Waals surface area contributed by atoms with Gasteiger partial charge in [-0.15, -0.1) is 0 Å². The van der Waals surface area contributed by atoms with Crippen LogP contribution in [0.15, 0.2) is 18.2 Å². The summed E-state index contributed by atoms with van der Waals surface area (Å²) in [6.45, 7) is 0. The minimum Gasteiger partial charge on any atom is -0.396 e. The van der Waals surface area contributed by atoms with Crippen LogP contribution in [0.3, 0.4) is 0 Å². The van der Waals surface area contributed by atoms with Gasteiger partial charge in [-0.25, -0.2) is 4.39 Å². The zero-order valence-corrected chi connectivity index (χ0v) is 9.71. The summed E-state index contributed by atoms with van der Waals surface area (Å²) in [6, 6.07) is 4.26. The highest BCUT2D eigenvalue weighted by molar-refractivity contribution is 5.93. The van der Waals surface area contributed by atoms with Gasteiger partial charge in [-0.05, 0) is 31.0 Å². The predicted octanol–water partition coefficient (Wildman–Crippen LogP) is 2.93. The smallest absolute Gasteiger partial charge is 0.227 e. The lowest BCUT2D eigenvalue weighted by Crippen LogP contribution is -2.24. The average Bonchev–Trinajstić information content (AvgIpc) is 2.35. The summed E-state index contributed by atoms with van der Waals surface area (Å²) in [4.78, 5) is 11.9. The molecule has 1 saturated carbocycles. The number of hydrogen-bond donors (Lipinski definition) is 2. The van der Waals surface area contributed by atoms with E-state index in [2.05, 4.69) is 5.32 Å². The van der Waals surface area contributed by atoms with Gasteiger partial charge in [0.1, 0.15) is 5.82 Å². The van der Waals surface area contributed by atoms with Crippen LogP contribution in [-0.4, -0.2) is 5.91 Å². The number of nitrogens with one attached hydrogen (secondary N) is 1. The van der Waals surface area contributed by atoms with Crippen LogP contribution >= 0.6 is 0 Å². The number of carbonyl (C=O) groups excluding carboxylic acids is 1. The maximum Gasteiger partial charge on any atom is 0.227 e. The Morgan fingerprint density at radius 2 is 2.00 bits per heavy atom. The number of nitrogen functional groups attached to an aromatic ring is 1. The molecule has 0 heterocycles. The van der Waals surface area contributed by atoms with Gasteiger partial charge in [0.05, 0.1) is 5.69 Å². The molecule has 1 aliphatic carbocycles. The van der Waals surface area contributed by atoms with Crippen LogP contribution in [0.1, 0.15) is 32.1 Å². The third-order valence-corrected chi connectivity index (χ3v) is 3.24. The van der Waals surface area contributed by atoms with Crippen molar-refractivity contribution >= 4 is 17.3 Å². The molecule has 2 rings (SSSR count). The molecule has 1 aromatic carbocycles. The van der Waals surface area contributed by atoms with Gasteiger partial charge in [0.15, 0.2) is 0 Å². The minimum absolute atomic E-state index is 0.0238. The molecule has 0 bridgehead atoms. The number of carbonyl (C=O) groups is 1. The number of hydrogen-bond acceptors (Lipinski definition) is 2. The molecular weight excluding hydrogens is 219 g/mol. The molecule has 0 radical (unpaired) electrons. The molecule has 1 fully saturated rings. The maximum atomic E-state index is 13.0. The van der Waals surface area contributed by atoms with Crippen molar-refractivity contribution in [2.75, 3.05) is 11.1 Å². The van der Waals surface area contributed by atoms with E-state index in [0.717, 1.165) is 25.7 Å². The van der Waals surface area contributed by atoms with Crippen molar-refractivity contribution in [2.45, 2.75) is 32.1 Å². The molecule has 3 nitrogen and oxygen atoms in total. The van der Waals surface area contributed by atoms with Crippen molar-refractivity contribution in [1.82, 2.24) is 0 Å². The Kier molecular flexibility index (Phi) is 3.61. The normalized spacial score (nSPS) is 16.8. The van der Waals surface area contributed by atoms with E-state index >= 15 is 0 Å². The number of nitrogens with two attached hydrogens (primary N) is 1. The van der Waals surface area contributed by atoms with Crippen LogP contribution in [0.25, 0.3) is 0 Å². The molecule has 1 aliphatic rings. The fourth-order valence-corrected chi connectivity index (χ4v) is 2.23. The lowest BCUT2D eigenvalue weighted by molar-refractivity contribution is -0.120. The first kappa shape index (κ1) is 11.9. The molecular formula is C13H17FN2O. The van der Waals surface area contributed by atoms with Gasteiger partial charge in [-0.2, -0.15) is 0 Å². The number of anilines is 2. The summed E-state index contributed by atoms with van der Waals surface area (Å²) >= 11 is 0. The van der Waals surface area contributed by atoms with Gasteiger partial charge in [0.2, 0.25) is 5.91 Å². The molecule has 0 saturated heterocycles. The molecule has 0 atom stereocenters. The Morgan fingerprint density at radius 3 is 2.65 bits per heavy atom. The molecule has 1 aromatic rings. The highest BCUT2D eigenvalue weighted by Gasteiger charge is 2.21. The number of halogens is 1. The van der Waals surface area contributed by atoms with Crippen molar-refractivity contribution in [3.8, 4) is 0 Å². The van der Waals surface area contributed by atoms with Crippen LogP contribution in [0, 0.1) is 11.7 Å². The number of benzene rings is 1. The molecule has 0 unspecified atom stereocenters. The van der Waals surface area contributed by atoms with Gasteiger partial charge in [-0.3, -0.25) is 4.79 Å². The first-order valence-electron chi connectivity index (χ1n) is 6.02. The summed E-state index contributed by atoms with van der Waals surface area (Å²) in [5.41, 5.74) is 6.08. The van der Waals surface area contributed by atoms with E-state index in [1.54, 1.807) is 0 Å².